The number of ether oxygens (including phenoxy) is 3. The number of carbonyl (C=O) groups is 2. The zero-order chi connectivity index (χ0) is 27.1. The number of ketones is 1. The molecule has 1 amide bonds. The molecule has 3 heterocycles. The normalized spacial score (nSPS) is 15.4. The number of carbonyl (C=O) groups excluding carboxylic acids is 2. The van der Waals surface area contributed by atoms with E-state index >= 15 is 0 Å². The third-order valence-electron chi connectivity index (χ3n) is 6.48. The van der Waals surface area contributed by atoms with Gasteiger partial charge in [0.2, 0.25) is 11.5 Å². The monoisotopic (exact) mass is 534 g/mol. The van der Waals surface area contributed by atoms with Crippen molar-refractivity contribution in [3.8, 4) is 17.2 Å². The van der Waals surface area contributed by atoms with E-state index in [4.69, 9.17) is 18.6 Å². The third-order valence-corrected chi connectivity index (χ3v) is 7.49. The number of aliphatic hydroxyl groups excluding tert-OH is 1. The summed E-state index contributed by atoms with van der Waals surface area (Å²) >= 11 is 1.30. The number of benzene rings is 2. The molecule has 0 spiro atoms. The van der Waals surface area contributed by atoms with Crippen molar-refractivity contribution in [2.45, 2.75) is 26.3 Å². The van der Waals surface area contributed by atoms with Crippen LogP contribution in [0.4, 0.5) is 5.13 Å². The number of aromatic nitrogens is 1. The molecular weight excluding hydrogens is 508 g/mol. The summed E-state index contributed by atoms with van der Waals surface area (Å²) in [5, 5.41) is 11.4. The van der Waals surface area contributed by atoms with Crippen molar-refractivity contribution in [2.75, 3.05) is 26.2 Å². The highest BCUT2D eigenvalue weighted by Crippen LogP contribution is 2.48. The van der Waals surface area contributed by atoms with E-state index in [2.05, 4.69) is 11.9 Å². The molecule has 1 aliphatic heterocycles. The number of amides is 1. The molecule has 0 saturated carbocycles. The molecule has 9 nitrogen and oxygen atoms in total. The lowest BCUT2D eigenvalue weighted by atomic mass is 9.94. The number of anilines is 1. The van der Waals surface area contributed by atoms with Crippen molar-refractivity contribution < 1.29 is 33.3 Å². The van der Waals surface area contributed by atoms with Gasteiger partial charge in [0.25, 0.3) is 5.91 Å². The van der Waals surface area contributed by atoms with Crippen LogP contribution in [0, 0.1) is 6.92 Å². The number of nitrogens with zero attached hydrogens (tertiary/aromatic N) is 2. The van der Waals surface area contributed by atoms with Crippen LogP contribution >= 0.6 is 11.3 Å². The third kappa shape index (κ3) is 4.06. The van der Waals surface area contributed by atoms with Gasteiger partial charge in [0.1, 0.15) is 5.76 Å². The standard InChI is InChI=1S/C28H26N2O7S/c1-6-15-8-9-17-21(11-15)38-28(29-17)30-23(16-12-19(34-3)26(36-5)20(13-16)35-4)22(25(32)27(30)33)24(31)18-10-7-14(2)37-18/h7-13,23,32H,6H2,1-5H3/t23-/m1/s1. The average Bonchev–Trinajstić information content (AvgIpc) is 3.62. The lowest BCUT2D eigenvalue weighted by Crippen LogP contribution is -2.31. The largest absolute Gasteiger partial charge is 0.503 e. The highest BCUT2D eigenvalue weighted by Gasteiger charge is 2.47. The Labute approximate surface area is 222 Å². The molecule has 1 atom stereocenters. The van der Waals surface area contributed by atoms with Gasteiger partial charge in [-0.05, 0) is 60.9 Å². The minimum absolute atomic E-state index is 0.00743. The lowest BCUT2D eigenvalue weighted by Gasteiger charge is -2.25. The summed E-state index contributed by atoms with van der Waals surface area (Å²) < 4.78 is 23.0. The van der Waals surface area contributed by atoms with Gasteiger partial charge in [0.15, 0.2) is 28.1 Å². The van der Waals surface area contributed by atoms with Gasteiger partial charge in [-0.25, -0.2) is 4.98 Å². The molecular formula is C28H26N2O7S. The maximum Gasteiger partial charge on any atom is 0.296 e. The van der Waals surface area contributed by atoms with Crippen molar-refractivity contribution >= 4 is 38.4 Å². The number of thiazole rings is 1. The number of hydrogen-bond donors (Lipinski definition) is 1. The number of aliphatic hydroxyl groups is 1. The smallest absolute Gasteiger partial charge is 0.296 e. The fourth-order valence-corrected chi connectivity index (χ4v) is 5.63. The molecule has 0 unspecified atom stereocenters. The maximum absolute atomic E-state index is 13.7. The maximum atomic E-state index is 13.7. The Morgan fingerprint density at radius 2 is 1.79 bits per heavy atom. The predicted octanol–water partition coefficient (Wildman–Crippen LogP) is 5.57. The van der Waals surface area contributed by atoms with Gasteiger partial charge in [-0.15, -0.1) is 0 Å². The minimum atomic E-state index is -1.04. The zero-order valence-corrected chi connectivity index (χ0v) is 22.3. The average molecular weight is 535 g/mol. The van der Waals surface area contributed by atoms with Crippen LogP contribution in [0.25, 0.3) is 10.2 Å². The van der Waals surface area contributed by atoms with Crippen LogP contribution in [-0.4, -0.2) is 43.1 Å². The van der Waals surface area contributed by atoms with Crippen LogP contribution in [0.2, 0.25) is 0 Å². The summed E-state index contributed by atoms with van der Waals surface area (Å²) in [5.41, 5.74) is 2.16. The van der Waals surface area contributed by atoms with Crippen LogP contribution in [-0.2, 0) is 11.2 Å². The van der Waals surface area contributed by atoms with Gasteiger partial charge in [-0.2, -0.15) is 0 Å². The number of methoxy groups -OCH3 is 3. The molecule has 10 heteroatoms. The molecule has 4 aromatic rings. The fraction of sp³-hybridized carbons (Fsp3) is 0.250. The van der Waals surface area contributed by atoms with E-state index in [-0.39, 0.29) is 11.3 Å². The molecule has 1 N–H and O–H groups in total. The SMILES string of the molecule is CCc1ccc2nc(N3C(=O)C(O)=C(C(=O)c4ccc(C)o4)[C@H]3c3cc(OC)c(OC)c(OC)c3)sc2c1. The summed E-state index contributed by atoms with van der Waals surface area (Å²) in [6.45, 7) is 3.77. The molecule has 2 aromatic carbocycles. The van der Waals surface area contributed by atoms with Crippen LogP contribution in [0.5, 0.6) is 17.2 Å². The van der Waals surface area contributed by atoms with Crippen molar-refractivity contribution in [2.24, 2.45) is 0 Å². The lowest BCUT2D eigenvalue weighted by molar-refractivity contribution is -0.117. The van der Waals surface area contributed by atoms with Crippen LogP contribution < -0.4 is 19.1 Å². The van der Waals surface area contributed by atoms with E-state index in [1.54, 1.807) is 25.1 Å². The van der Waals surface area contributed by atoms with Gasteiger partial charge in [0, 0.05) is 0 Å². The van der Waals surface area contributed by atoms with E-state index in [0.29, 0.717) is 39.2 Å². The second-order valence-corrected chi connectivity index (χ2v) is 9.70. The number of furan rings is 1. The first-order valence-corrected chi connectivity index (χ1v) is 12.7. The Morgan fingerprint density at radius 3 is 2.37 bits per heavy atom. The molecule has 0 aliphatic carbocycles. The molecule has 38 heavy (non-hydrogen) atoms. The van der Waals surface area contributed by atoms with Crippen molar-refractivity contribution in [3.05, 3.63) is 76.4 Å². The van der Waals surface area contributed by atoms with E-state index in [9.17, 15) is 14.7 Å². The van der Waals surface area contributed by atoms with Crippen molar-refractivity contribution in [1.29, 1.82) is 0 Å². The highest BCUT2D eigenvalue weighted by molar-refractivity contribution is 7.22. The van der Waals surface area contributed by atoms with Gasteiger partial charge < -0.3 is 23.7 Å². The number of fused-ring (bicyclic) bond motifs is 1. The quantitative estimate of drug-likeness (QED) is 0.292. The molecule has 0 radical (unpaired) electrons. The van der Waals surface area contributed by atoms with Gasteiger partial charge in [0.05, 0.1) is 43.2 Å². The van der Waals surface area contributed by atoms with Crippen LogP contribution in [0.3, 0.4) is 0 Å². The predicted molar refractivity (Wildman–Crippen MR) is 143 cm³/mol. The second kappa shape index (κ2) is 9.86. The molecule has 0 bridgehead atoms. The number of rotatable bonds is 8. The van der Waals surface area contributed by atoms with Gasteiger partial charge >= 0.3 is 0 Å². The summed E-state index contributed by atoms with van der Waals surface area (Å²) in [5.74, 6) is -0.480. The second-order valence-electron chi connectivity index (χ2n) is 8.69. The summed E-state index contributed by atoms with van der Waals surface area (Å²) in [6.07, 6.45) is 0.851. The zero-order valence-electron chi connectivity index (χ0n) is 21.5. The Balaban J connectivity index is 1.73. The summed E-state index contributed by atoms with van der Waals surface area (Å²) in [7, 11) is 4.43. The van der Waals surface area contributed by atoms with Crippen molar-refractivity contribution in [1.82, 2.24) is 4.98 Å². The topological polar surface area (TPSA) is 111 Å². The first-order valence-electron chi connectivity index (χ1n) is 11.9. The Morgan fingerprint density at radius 1 is 1.08 bits per heavy atom. The minimum Gasteiger partial charge on any atom is -0.503 e. The molecule has 0 saturated heterocycles. The van der Waals surface area contributed by atoms with Crippen molar-refractivity contribution in [3.63, 3.8) is 0 Å². The Hall–Kier alpha value is -4.31. The number of Topliss-reactive ketones (excluding diaryl/α,β-unsaturated/α-hetero) is 1. The Kier molecular flexibility index (Phi) is 6.58. The first-order chi connectivity index (χ1) is 18.3. The summed E-state index contributed by atoms with van der Waals surface area (Å²) in [6, 6.07) is 11.3. The number of aryl methyl sites for hydroxylation is 2. The fourth-order valence-electron chi connectivity index (χ4n) is 4.58. The molecule has 2 aromatic heterocycles. The van der Waals surface area contributed by atoms with Crippen LogP contribution in [0.15, 0.2) is 58.2 Å². The van der Waals surface area contributed by atoms with Crippen LogP contribution in [0.1, 0.15) is 40.4 Å². The van der Waals surface area contributed by atoms with Gasteiger partial charge in [-0.3, -0.25) is 14.5 Å². The van der Waals surface area contributed by atoms with E-state index < -0.39 is 23.5 Å². The van der Waals surface area contributed by atoms with Gasteiger partial charge in [-0.1, -0.05) is 24.3 Å². The Bertz CT molecular complexity index is 1570. The molecule has 5 rings (SSSR count). The highest BCUT2D eigenvalue weighted by atomic mass is 32.1. The number of hydrogen-bond acceptors (Lipinski definition) is 9. The first kappa shape index (κ1) is 25.3. The van der Waals surface area contributed by atoms with E-state index in [1.807, 2.05) is 18.2 Å². The van der Waals surface area contributed by atoms with E-state index in [0.717, 1.165) is 16.7 Å². The molecule has 1 aliphatic rings. The van der Waals surface area contributed by atoms with E-state index in [1.165, 1.54) is 43.6 Å². The molecule has 196 valence electrons. The summed E-state index contributed by atoms with van der Waals surface area (Å²) in [4.78, 5) is 33.3. The molecule has 0 fully saturated rings.